The highest BCUT2D eigenvalue weighted by Crippen LogP contribution is 2.20. The van der Waals surface area contributed by atoms with Gasteiger partial charge in [-0.1, -0.05) is 77.6 Å². The maximum Gasteiger partial charge on any atom is 0.116 e. The molecule has 2 aromatic carbocycles. The van der Waals surface area contributed by atoms with Gasteiger partial charge in [0.25, 0.3) is 0 Å². The Kier molecular flexibility index (Phi) is 7.00. The number of hydrogen-bond acceptors (Lipinski definition) is 3. The molecule has 0 unspecified atom stereocenters. The van der Waals surface area contributed by atoms with Crippen LogP contribution in [0.5, 0.6) is 0 Å². The smallest absolute Gasteiger partial charge is 0.116 e. The van der Waals surface area contributed by atoms with Crippen LogP contribution >= 0.6 is 0 Å². The molecule has 2 aromatic heterocycles. The molecule has 3 heteroatoms. The van der Waals surface area contributed by atoms with E-state index in [2.05, 4.69) is 73.0 Å². The second-order valence-electron chi connectivity index (χ2n) is 7.01. The van der Waals surface area contributed by atoms with E-state index in [4.69, 9.17) is 0 Å². The molecule has 0 aliphatic carbocycles. The minimum atomic E-state index is 0. The quantitative estimate of drug-likeness (QED) is 0.397. The first-order valence-electron chi connectivity index (χ1n) is 9.11. The topological polar surface area (TPSA) is 38.7 Å². The van der Waals surface area contributed by atoms with Crippen molar-refractivity contribution in [3.8, 4) is 0 Å². The summed E-state index contributed by atoms with van der Waals surface area (Å²) in [6.07, 6.45) is 1.64. The molecule has 0 aliphatic rings. The van der Waals surface area contributed by atoms with Gasteiger partial charge in [-0.25, -0.2) is 9.97 Å². The van der Waals surface area contributed by atoms with Crippen molar-refractivity contribution >= 4 is 21.8 Å². The van der Waals surface area contributed by atoms with Crippen LogP contribution < -0.4 is 0 Å². The van der Waals surface area contributed by atoms with Gasteiger partial charge in [0.05, 0.1) is 16.7 Å². The normalized spacial score (nSPS) is 10.6. The number of rotatable bonds is 2. The van der Waals surface area contributed by atoms with E-state index in [1.165, 1.54) is 16.5 Å². The van der Waals surface area contributed by atoms with Crippen LogP contribution in [0.1, 0.15) is 58.3 Å². The van der Waals surface area contributed by atoms with E-state index in [9.17, 15) is 0 Å². The van der Waals surface area contributed by atoms with Crippen LogP contribution in [-0.4, -0.2) is 15.0 Å². The number of benzene rings is 2. The molecule has 4 rings (SSSR count). The van der Waals surface area contributed by atoms with Crippen molar-refractivity contribution in [2.45, 2.75) is 47.0 Å². The predicted molar refractivity (Wildman–Crippen MR) is 116 cm³/mol. The van der Waals surface area contributed by atoms with E-state index < -0.39 is 0 Å². The maximum absolute atomic E-state index is 4.57. The zero-order valence-electron chi connectivity index (χ0n) is 15.8. The van der Waals surface area contributed by atoms with Crippen LogP contribution in [0.4, 0.5) is 0 Å². The first kappa shape index (κ1) is 20.5. The largest absolute Gasteiger partial charge is 0.253 e. The Balaban J connectivity index is 0.000000187. The molecule has 0 aliphatic heterocycles. The van der Waals surface area contributed by atoms with Gasteiger partial charge in [-0.3, -0.25) is 4.98 Å². The van der Waals surface area contributed by atoms with Gasteiger partial charge in [0, 0.05) is 16.5 Å². The van der Waals surface area contributed by atoms with Crippen molar-refractivity contribution in [2.75, 3.05) is 0 Å². The van der Waals surface area contributed by atoms with Crippen molar-refractivity contribution in [3.05, 3.63) is 78.4 Å². The average molecular weight is 360 g/mol. The number of para-hydroxylation sites is 2. The molecule has 3 nitrogen and oxygen atoms in total. The fraction of sp³-hybridized carbons (Fsp3) is 0.292. The Bertz CT molecular complexity index is 995. The maximum atomic E-state index is 4.57. The fourth-order valence-electron chi connectivity index (χ4n) is 2.89. The molecule has 0 radical (unpaired) electrons. The number of fused-ring (bicyclic) bond motifs is 2. The third kappa shape index (κ3) is 4.88. The standard InChI is InChI=1S/C12H13N.C11H12N2.CH4/c1-9(2)11-8-7-10-5-3-4-6-12(10)13-11;1-8(2)11-9-5-3-4-6-10(9)12-7-13-11;/h3-9H,1-2H3;3-8H,1-2H3;1H4. The van der Waals surface area contributed by atoms with Crippen molar-refractivity contribution in [1.82, 2.24) is 15.0 Å². The van der Waals surface area contributed by atoms with E-state index in [1.54, 1.807) is 6.33 Å². The molecule has 0 saturated heterocycles. The summed E-state index contributed by atoms with van der Waals surface area (Å²) >= 11 is 0. The number of aromatic nitrogens is 3. The molecule has 0 saturated carbocycles. The van der Waals surface area contributed by atoms with Gasteiger partial charge in [-0.05, 0) is 30.0 Å². The Morgan fingerprint density at radius 3 is 2.04 bits per heavy atom. The third-order valence-corrected chi connectivity index (χ3v) is 4.33. The van der Waals surface area contributed by atoms with Crippen LogP contribution in [0.15, 0.2) is 67.0 Å². The Morgan fingerprint density at radius 2 is 1.33 bits per heavy atom. The van der Waals surface area contributed by atoms with Gasteiger partial charge in [0.15, 0.2) is 0 Å². The summed E-state index contributed by atoms with van der Waals surface area (Å²) in [5, 5.41) is 2.38. The molecule has 0 fully saturated rings. The zero-order chi connectivity index (χ0) is 18.5. The van der Waals surface area contributed by atoms with E-state index in [0.29, 0.717) is 11.8 Å². The van der Waals surface area contributed by atoms with Gasteiger partial charge >= 0.3 is 0 Å². The summed E-state index contributed by atoms with van der Waals surface area (Å²) in [6.45, 7) is 8.62. The average Bonchev–Trinajstić information content (AvgIpc) is 2.67. The molecule has 4 aromatic rings. The molecule has 140 valence electrons. The lowest BCUT2D eigenvalue weighted by atomic mass is 10.1. The number of hydrogen-bond donors (Lipinski definition) is 0. The van der Waals surface area contributed by atoms with Gasteiger partial charge < -0.3 is 0 Å². The third-order valence-electron chi connectivity index (χ3n) is 4.33. The Hall–Kier alpha value is -2.81. The van der Waals surface area contributed by atoms with Gasteiger partial charge in [-0.15, -0.1) is 0 Å². The van der Waals surface area contributed by atoms with Crippen LogP contribution in [0.3, 0.4) is 0 Å². The highest BCUT2D eigenvalue weighted by atomic mass is 14.8. The van der Waals surface area contributed by atoms with Crippen molar-refractivity contribution in [1.29, 1.82) is 0 Å². The summed E-state index contributed by atoms with van der Waals surface area (Å²) in [5.74, 6) is 0.956. The lowest BCUT2D eigenvalue weighted by Gasteiger charge is -2.06. The highest BCUT2D eigenvalue weighted by molar-refractivity contribution is 5.81. The zero-order valence-corrected chi connectivity index (χ0v) is 15.8. The Morgan fingerprint density at radius 1 is 0.667 bits per heavy atom. The molecule has 0 atom stereocenters. The molecule has 0 amide bonds. The molecule has 27 heavy (non-hydrogen) atoms. The predicted octanol–water partition coefficient (Wildman–Crippen LogP) is 6.75. The summed E-state index contributed by atoms with van der Waals surface area (Å²) in [6, 6.07) is 20.6. The molecule has 0 spiro atoms. The minimum absolute atomic E-state index is 0. The minimum Gasteiger partial charge on any atom is -0.253 e. The van der Waals surface area contributed by atoms with Crippen molar-refractivity contribution in [2.24, 2.45) is 0 Å². The summed E-state index contributed by atoms with van der Waals surface area (Å²) < 4.78 is 0. The molecule has 0 bridgehead atoms. The van der Waals surface area contributed by atoms with E-state index in [-0.39, 0.29) is 7.43 Å². The summed E-state index contributed by atoms with van der Waals surface area (Å²) in [5.41, 5.74) is 4.42. The van der Waals surface area contributed by atoms with Crippen molar-refractivity contribution < 1.29 is 0 Å². The fourth-order valence-corrected chi connectivity index (χ4v) is 2.89. The summed E-state index contributed by atoms with van der Waals surface area (Å²) in [4.78, 5) is 13.1. The van der Waals surface area contributed by atoms with Crippen LogP contribution in [0.2, 0.25) is 0 Å². The van der Waals surface area contributed by atoms with E-state index in [0.717, 1.165) is 16.7 Å². The lowest BCUT2D eigenvalue weighted by molar-refractivity contribution is 0.828. The first-order chi connectivity index (χ1) is 12.6. The second-order valence-corrected chi connectivity index (χ2v) is 7.01. The number of pyridine rings is 1. The monoisotopic (exact) mass is 359 g/mol. The molecule has 2 heterocycles. The molecule has 0 N–H and O–H groups in total. The van der Waals surface area contributed by atoms with E-state index >= 15 is 0 Å². The Labute approximate surface area is 162 Å². The lowest BCUT2D eigenvalue weighted by Crippen LogP contribution is -1.94. The van der Waals surface area contributed by atoms with Gasteiger partial charge in [0.1, 0.15) is 6.33 Å². The SMILES string of the molecule is C.CC(C)c1ccc2ccccc2n1.CC(C)c1ncnc2ccccc12. The molecular formula is C24H29N3. The second kappa shape index (κ2) is 9.22. The van der Waals surface area contributed by atoms with Crippen LogP contribution in [0.25, 0.3) is 21.8 Å². The summed E-state index contributed by atoms with van der Waals surface area (Å²) in [7, 11) is 0. The highest BCUT2D eigenvalue weighted by Gasteiger charge is 2.05. The molecular weight excluding hydrogens is 330 g/mol. The number of nitrogens with zero attached hydrogens (tertiary/aromatic N) is 3. The van der Waals surface area contributed by atoms with E-state index in [1.807, 2.05) is 30.3 Å². The van der Waals surface area contributed by atoms with Crippen molar-refractivity contribution in [3.63, 3.8) is 0 Å². The van der Waals surface area contributed by atoms with Crippen LogP contribution in [-0.2, 0) is 0 Å². The first-order valence-corrected chi connectivity index (χ1v) is 9.11. The van der Waals surface area contributed by atoms with Crippen LogP contribution in [0, 0.1) is 0 Å². The van der Waals surface area contributed by atoms with Gasteiger partial charge in [0.2, 0.25) is 0 Å². The van der Waals surface area contributed by atoms with Gasteiger partial charge in [-0.2, -0.15) is 0 Å².